The second-order valence-electron chi connectivity index (χ2n) is 3.15. The predicted octanol–water partition coefficient (Wildman–Crippen LogP) is 1.60. The lowest BCUT2D eigenvalue weighted by Gasteiger charge is -2.15. The lowest BCUT2D eigenvalue weighted by atomic mass is 10.3. The largest absolute Gasteiger partial charge is 0.506 e. The molecule has 0 aromatic heterocycles. The summed E-state index contributed by atoms with van der Waals surface area (Å²) in [4.78, 5) is 0. The number of phenols is 1. The summed E-state index contributed by atoms with van der Waals surface area (Å²) >= 11 is 0. The average molecular weight is 209 g/mol. The summed E-state index contributed by atoms with van der Waals surface area (Å²) < 4.78 is 2.18. The molecule has 0 spiro atoms. The van der Waals surface area contributed by atoms with E-state index in [1.54, 1.807) is 6.07 Å². The fraction of sp³-hybridized carbons (Fsp3) is 0.200. The highest BCUT2D eigenvalue weighted by Crippen LogP contribution is 2.32. The molecular weight excluding hydrogens is 195 g/mol. The molecule has 1 aliphatic heterocycles. The molecule has 2 N–H and O–H groups in total. The van der Waals surface area contributed by atoms with Crippen LogP contribution in [0.25, 0.3) is 0 Å². The van der Waals surface area contributed by atoms with Crippen LogP contribution in [-0.4, -0.2) is 18.2 Å². The number of nitrogens with one attached hydrogen (secondary N) is 1. The highest BCUT2D eigenvalue weighted by atomic mass is 31.1. The van der Waals surface area contributed by atoms with Crippen molar-refractivity contribution in [3.8, 4) is 5.75 Å². The normalized spacial score (nSPS) is 18.4. The summed E-state index contributed by atoms with van der Waals surface area (Å²) in [5.41, 5.74) is 0.918. The van der Waals surface area contributed by atoms with Crippen molar-refractivity contribution in [1.29, 1.82) is 0 Å². The van der Waals surface area contributed by atoms with Crippen LogP contribution in [0.4, 0.5) is 5.69 Å². The van der Waals surface area contributed by atoms with Crippen LogP contribution in [0.3, 0.4) is 0 Å². The highest BCUT2D eigenvalue weighted by molar-refractivity contribution is 7.37. The maximum Gasteiger partial charge on any atom is 0.146 e. The molecule has 1 aromatic rings. The minimum absolute atomic E-state index is 0.0247. The third kappa shape index (κ3) is 2.06. The van der Waals surface area contributed by atoms with Gasteiger partial charge in [0, 0.05) is 0 Å². The number of aromatic hydroxyl groups is 1. The molecule has 1 heterocycles. The minimum atomic E-state index is 0.0247. The van der Waals surface area contributed by atoms with E-state index < -0.39 is 0 Å². The molecule has 0 bridgehead atoms. The number of nitrogens with zero attached hydrogens (tertiary/aromatic N) is 1. The van der Waals surface area contributed by atoms with Crippen LogP contribution < -0.4 is 9.76 Å². The van der Waals surface area contributed by atoms with Gasteiger partial charge in [-0.3, -0.25) is 0 Å². The molecule has 74 valence electrons. The van der Waals surface area contributed by atoms with Crippen molar-refractivity contribution in [3.63, 3.8) is 0 Å². The van der Waals surface area contributed by atoms with Crippen molar-refractivity contribution in [2.45, 2.75) is 0 Å². The monoisotopic (exact) mass is 209 g/mol. The molecule has 0 amide bonds. The van der Waals surface area contributed by atoms with Crippen LogP contribution in [0.1, 0.15) is 0 Å². The molecule has 3 nitrogen and oxygen atoms in total. The maximum atomic E-state index is 9.67. The topological polar surface area (TPSA) is 35.5 Å². The van der Waals surface area contributed by atoms with Gasteiger partial charge in [0.1, 0.15) is 20.3 Å². The van der Waals surface area contributed by atoms with Crippen molar-refractivity contribution in [1.82, 2.24) is 5.09 Å². The summed E-state index contributed by atoms with van der Waals surface area (Å²) in [7, 11) is 0.0247. The second kappa shape index (κ2) is 4.45. The lowest BCUT2D eigenvalue weighted by molar-refractivity contribution is 0.476. The van der Waals surface area contributed by atoms with Crippen molar-refractivity contribution in [2.75, 3.05) is 17.8 Å². The first-order valence-corrected chi connectivity index (χ1v) is 5.73. The summed E-state index contributed by atoms with van der Waals surface area (Å²) in [6.45, 7) is 1.80. The van der Waals surface area contributed by atoms with Gasteiger partial charge in [0.15, 0.2) is 0 Å². The Morgan fingerprint density at radius 1 is 1.29 bits per heavy atom. The van der Waals surface area contributed by atoms with Crippen molar-refractivity contribution < 1.29 is 5.11 Å². The maximum absolute atomic E-state index is 9.67. The molecular formula is C10H14N2OP+. The molecule has 0 saturated heterocycles. The molecule has 4 heteroatoms. The smallest absolute Gasteiger partial charge is 0.146 e. The first-order valence-electron chi connectivity index (χ1n) is 4.64. The van der Waals surface area contributed by atoms with E-state index in [4.69, 9.17) is 0 Å². The molecule has 1 unspecified atom stereocenters. The van der Waals surface area contributed by atoms with Gasteiger partial charge in [0.2, 0.25) is 0 Å². The summed E-state index contributed by atoms with van der Waals surface area (Å²) in [5.74, 6) is 0.358. The summed E-state index contributed by atoms with van der Waals surface area (Å²) in [5, 5.41) is 13.0. The zero-order valence-corrected chi connectivity index (χ0v) is 9.00. The number of anilines is 1. The van der Waals surface area contributed by atoms with Crippen LogP contribution >= 0.6 is 8.88 Å². The Labute approximate surface area is 85.3 Å². The van der Waals surface area contributed by atoms with Gasteiger partial charge in [-0.05, 0) is 12.1 Å². The first kappa shape index (κ1) is 9.50. The summed E-state index contributed by atoms with van der Waals surface area (Å²) in [6.07, 6.45) is 4.24. The van der Waals surface area contributed by atoms with E-state index >= 15 is 0 Å². The fourth-order valence-electron chi connectivity index (χ4n) is 1.43. The Balaban J connectivity index is 2.21. The van der Waals surface area contributed by atoms with Crippen LogP contribution in [0.15, 0.2) is 36.4 Å². The molecule has 1 atom stereocenters. The molecule has 0 saturated carbocycles. The quantitative estimate of drug-likeness (QED) is 0.544. The Bertz CT molecular complexity index is 341. The van der Waals surface area contributed by atoms with E-state index in [1.165, 1.54) is 0 Å². The van der Waals surface area contributed by atoms with Gasteiger partial charge in [-0.15, -0.1) is 0 Å². The van der Waals surface area contributed by atoms with Gasteiger partial charge in [-0.25, -0.2) is 4.67 Å². The molecule has 0 radical (unpaired) electrons. The predicted molar refractivity (Wildman–Crippen MR) is 62.3 cm³/mol. The van der Waals surface area contributed by atoms with E-state index in [0.717, 1.165) is 18.8 Å². The van der Waals surface area contributed by atoms with E-state index in [2.05, 4.69) is 21.9 Å². The van der Waals surface area contributed by atoms with Crippen molar-refractivity contribution in [3.05, 3.63) is 36.4 Å². The van der Waals surface area contributed by atoms with Crippen LogP contribution in [0.5, 0.6) is 5.75 Å². The summed E-state index contributed by atoms with van der Waals surface area (Å²) in [6, 6.07) is 7.46. The minimum Gasteiger partial charge on any atom is -0.506 e. The molecule has 0 aliphatic carbocycles. The highest BCUT2D eigenvalue weighted by Gasteiger charge is 2.14. The Kier molecular flexibility index (Phi) is 3.02. The molecule has 2 rings (SSSR count). The Hall–Kier alpha value is -1.05. The van der Waals surface area contributed by atoms with Crippen molar-refractivity contribution >= 4 is 14.6 Å². The van der Waals surface area contributed by atoms with Gasteiger partial charge < -0.3 is 5.11 Å². The molecule has 14 heavy (non-hydrogen) atoms. The van der Waals surface area contributed by atoms with Gasteiger partial charge in [0.05, 0.1) is 13.1 Å². The SMILES string of the molecule is Oc1ccccc1N1CC=CCN[PH2+]1. The van der Waals surface area contributed by atoms with E-state index in [0.29, 0.717) is 5.75 Å². The Morgan fingerprint density at radius 3 is 3.00 bits per heavy atom. The van der Waals surface area contributed by atoms with Gasteiger partial charge >= 0.3 is 0 Å². The number of para-hydroxylation sites is 2. The number of rotatable bonds is 1. The van der Waals surface area contributed by atoms with E-state index in [9.17, 15) is 5.11 Å². The lowest BCUT2D eigenvalue weighted by Crippen LogP contribution is -2.15. The van der Waals surface area contributed by atoms with E-state index in [-0.39, 0.29) is 8.88 Å². The molecule has 1 aliphatic rings. The number of hydrogen-bond donors (Lipinski definition) is 2. The zero-order valence-electron chi connectivity index (χ0n) is 7.85. The molecule has 0 fully saturated rings. The zero-order chi connectivity index (χ0) is 9.80. The van der Waals surface area contributed by atoms with Crippen LogP contribution in [0, 0.1) is 0 Å². The number of phenolic OH excluding ortho intramolecular Hbond substituents is 1. The first-order chi connectivity index (χ1) is 6.88. The van der Waals surface area contributed by atoms with Crippen molar-refractivity contribution in [2.24, 2.45) is 0 Å². The third-order valence-corrected chi connectivity index (χ3v) is 3.36. The second-order valence-corrected chi connectivity index (χ2v) is 4.44. The Morgan fingerprint density at radius 2 is 2.14 bits per heavy atom. The van der Waals surface area contributed by atoms with Gasteiger partial charge in [0.25, 0.3) is 0 Å². The van der Waals surface area contributed by atoms with E-state index in [1.807, 2.05) is 18.2 Å². The standard InChI is InChI=1S/C10H13N2OP/c13-10-6-2-1-5-9(10)12-8-4-3-7-11-14-12/h1-6,11,13-14H,7-8H2/p+1. The molecule has 1 aromatic carbocycles. The number of benzene rings is 1. The van der Waals surface area contributed by atoms with Gasteiger partial charge in [-0.2, -0.15) is 5.09 Å². The van der Waals surface area contributed by atoms with Crippen LogP contribution in [0.2, 0.25) is 0 Å². The number of hydrogen-bond acceptors (Lipinski definition) is 3. The fourth-order valence-corrected chi connectivity index (χ4v) is 2.48. The van der Waals surface area contributed by atoms with Gasteiger partial charge in [-0.1, -0.05) is 24.3 Å². The third-order valence-electron chi connectivity index (χ3n) is 2.14. The van der Waals surface area contributed by atoms with Crippen LogP contribution in [-0.2, 0) is 0 Å². The average Bonchev–Trinajstić information content (AvgIpc) is 2.47.